The summed E-state index contributed by atoms with van der Waals surface area (Å²) in [5.41, 5.74) is -1.13. The van der Waals surface area contributed by atoms with Gasteiger partial charge in [0.1, 0.15) is 0 Å². The fraction of sp³-hybridized carbons (Fsp3) is 0. The average Bonchev–Trinajstić information content (AvgIpc) is 3.30. The lowest BCUT2D eigenvalue weighted by Gasteiger charge is -2.05. The van der Waals surface area contributed by atoms with Gasteiger partial charge in [0.25, 0.3) is 22.2 Å². The molecule has 0 amide bonds. The van der Waals surface area contributed by atoms with Gasteiger partial charge >= 0.3 is 0 Å². The van der Waals surface area contributed by atoms with Crippen molar-refractivity contribution in [2.75, 3.05) is 0 Å². The van der Waals surface area contributed by atoms with Gasteiger partial charge in [-0.15, -0.1) is 0 Å². The molecule has 0 fully saturated rings. The molecule has 36 heavy (non-hydrogen) atoms. The third-order valence-electron chi connectivity index (χ3n) is 6.91. The van der Waals surface area contributed by atoms with E-state index in [1.165, 1.54) is 12.1 Å². The molecule has 6 nitrogen and oxygen atoms in total. The van der Waals surface area contributed by atoms with Crippen molar-refractivity contribution in [2.24, 2.45) is 0 Å². The monoisotopic (exact) mass is 468 g/mol. The van der Waals surface area contributed by atoms with Crippen molar-refractivity contribution in [1.29, 1.82) is 0 Å². The van der Waals surface area contributed by atoms with Crippen LogP contribution in [0.4, 0.5) is 0 Å². The number of hydrogen-bond acceptors (Lipinski definition) is 4. The van der Waals surface area contributed by atoms with Crippen molar-refractivity contribution in [3.05, 3.63) is 138 Å². The molecule has 0 radical (unpaired) electrons. The molecule has 0 spiro atoms. The highest BCUT2D eigenvalue weighted by Crippen LogP contribution is 2.24. The second kappa shape index (κ2) is 7.20. The van der Waals surface area contributed by atoms with Crippen molar-refractivity contribution < 1.29 is 0 Å². The van der Waals surface area contributed by atoms with Crippen LogP contribution < -0.4 is 22.2 Å². The van der Waals surface area contributed by atoms with Crippen LogP contribution in [0.3, 0.4) is 0 Å². The Morgan fingerprint density at radius 3 is 1.08 bits per heavy atom. The zero-order valence-corrected chi connectivity index (χ0v) is 18.8. The Hall–Kier alpha value is -5.10. The van der Waals surface area contributed by atoms with Crippen LogP contribution in [0.1, 0.15) is 0 Å². The summed E-state index contributed by atoms with van der Waals surface area (Å²) in [7, 11) is 0. The predicted octanol–water partition coefficient (Wildman–Crippen LogP) is 4.20. The minimum Gasteiger partial charge on any atom is -0.268 e. The first-order chi connectivity index (χ1) is 17.5. The summed E-state index contributed by atoms with van der Waals surface area (Å²) in [6.07, 6.45) is 0. The summed E-state index contributed by atoms with van der Waals surface area (Å²) in [5, 5.41) is 3.78. The fourth-order valence-corrected chi connectivity index (χ4v) is 5.22. The molecule has 0 saturated heterocycles. The van der Waals surface area contributed by atoms with E-state index in [-0.39, 0.29) is 21.5 Å². The SMILES string of the molecule is O=c1c2cc3c(=O)n(-c4cccc5ccccc45)c(=O)c3cc2c(=O)n1-c1cccc2ccccc12. The van der Waals surface area contributed by atoms with E-state index in [1.807, 2.05) is 60.7 Å². The Balaban J connectivity index is 1.55. The number of benzene rings is 5. The number of aromatic nitrogens is 2. The van der Waals surface area contributed by atoms with Crippen LogP contribution in [0.5, 0.6) is 0 Å². The van der Waals surface area contributed by atoms with E-state index in [9.17, 15) is 19.2 Å². The summed E-state index contributed by atoms with van der Waals surface area (Å²) in [6, 6.07) is 28.6. The average molecular weight is 468 g/mol. The van der Waals surface area contributed by atoms with Gasteiger partial charge in [0.2, 0.25) is 0 Å². The molecule has 7 rings (SSSR count). The summed E-state index contributed by atoms with van der Waals surface area (Å²) in [6.45, 7) is 0. The number of rotatable bonds is 2. The Morgan fingerprint density at radius 2 is 0.694 bits per heavy atom. The maximum atomic E-state index is 13.5. The maximum absolute atomic E-state index is 13.5. The molecule has 2 heterocycles. The van der Waals surface area contributed by atoms with Gasteiger partial charge in [0, 0.05) is 10.8 Å². The normalized spacial score (nSPS) is 11.8. The van der Waals surface area contributed by atoms with Crippen LogP contribution >= 0.6 is 0 Å². The lowest BCUT2D eigenvalue weighted by molar-refractivity contribution is 0.998. The van der Waals surface area contributed by atoms with E-state index in [1.54, 1.807) is 24.3 Å². The quantitative estimate of drug-likeness (QED) is 0.381. The molecule has 2 aromatic heterocycles. The van der Waals surface area contributed by atoms with Gasteiger partial charge < -0.3 is 0 Å². The van der Waals surface area contributed by atoms with Crippen molar-refractivity contribution in [3.8, 4) is 11.4 Å². The second-order valence-electron chi connectivity index (χ2n) is 8.83. The van der Waals surface area contributed by atoms with E-state index in [2.05, 4.69) is 0 Å². The van der Waals surface area contributed by atoms with Gasteiger partial charge in [-0.2, -0.15) is 0 Å². The Bertz CT molecular complexity index is 2000. The van der Waals surface area contributed by atoms with Crippen LogP contribution in [0, 0.1) is 0 Å². The number of hydrogen-bond donors (Lipinski definition) is 0. The van der Waals surface area contributed by atoms with Crippen molar-refractivity contribution in [1.82, 2.24) is 9.13 Å². The van der Waals surface area contributed by atoms with Crippen LogP contribution in [-0.2, 0) is 0 Å². The standard InChI is InChI=1S/C30H16N2O4/c33-27-21-15-23-24(30(36)32(29(23)35)26-14-6-10-18-8-2-4-12-20(18)26)16-22(21)28(34)31(27)25-13-5-9-17-7-1-3-11-19(17)25/h1-16H. The zero-order valence-electron chi connectivity index (χ0n) is 18.8. The summed E-state index contributed by atoms with van der Waals surface area (Å²) >= 11 is 0. The summed E-state index contributed by atoms with van der Waals surface area (Å²) in [4.78, 5) is 53.8. The molecule has 0 aliphatic carbocycles. The molecule has 0 unspecified atom stereocenters. The largest absolute Gasteiger partial charge is 0.268 e. The van der Waals surface area contributed by atoms with E-state index >= 15 is 0 Å². The maximum Gasteiger partial charge on any atom is 0.266 e. The minimum absolute atomic E-state index is 0.118. The van der Waals surface area contributed by atoms with Gasteiger partial charge in [0.05, 0.1) is 32.9 Å². The minimum atomic E-state index is -0.516. The zero-order chi connectivity index (χ0) is 24.6. The van der Waals surface area contributed by atoms with E-state index in [0.717, 1.165) is 30.7 Å². The van der Waals surface area contributed by atoms with Gasteiger partial charge in [-0.05, 0) is 35.0 Å². The van der Waals surface area contributed by atoms with Crippen LogP contribution in [-0.4, -0.2) is 9.13 Å². The molecule has 0 aliphatic rings. The van der Waals surface area contributed by atoms with Crippen molar-refractivity contribution >= 4 is 43.1 Å². The van der Waals surface area contributed by atoms with Crippen LogP contribution in [0.25, 0.3) is 54.5 Å². The van der Waals surface area contributed by atoms with E-state index in [4.69, 9.17) is 0 Å². The summed E-state index contributed by atoms with van der Waals surface area (Å²) < 4.78 is 2.25. The Labute approximate surface area is 202 Å². The Morgan fingerprint density at radius 1 is 0.361 bits per heavy atom. The topological polar surface area (TPSA) is 78.1 Å². The molecule has 0 atom stereocenters. The molecular formula is C30H16N2O4. The first kappa shape index (κ1) is 20.3. The molecule has 5 aromatic carbocycles. The summed E-state index contributed by atoms with van der Waals surface area (Å²) in [5.74, 6) is 0. The molecular weight excluding hydrogens is 452 g/mol. The first-order valence-electron chi connectivity index (χ1n) is 11.5. The lowest BCUT2D eigenvalue weighted by Crippen LogP contribution is -2.24. The van der Waals surface area contributed by atoms with Crippen LogP contribution in [0.2, 0.25) is 0 Å². The van der Waals surface area contributed by atoms with E-state index < -0.39 is 22.2 Å². The highest BCUT2D eigenvalue weighted by Gasteiger charge is 2.22. The van der Waals surface area contributed by atoms with Gasteiger partial charge in [-0.3, -0.25) is 19.2 Å². The third-order valence-corrected chi connectivity index (χ3v) is 6.91. The van der Waals surface area contributed by atoms with Crippen molar-refractivity contribution in [3.63, 3.8) is 0 Å². The first-order valence-corrected chi connectivity index (χ1v) is 11.5. The highest BCUT2D eigenvalue weighted by atomic mass is 16.2. The molecule has 0 saturated carbocycles. The molecule has 0 bridgehead atoms. The highest BCUT2D eigenvalue weighted by molar-refractivity contribution is 6.00. The number of nitrogens with zero attached hydrogens (tertiary/aromatic N) is 2. The molecule has 6 heteroatoms. The Kier molecular flexibility index (Phi) is 4.06. The third kappa shape index (κ3) is 2.61. The van der Waals surface area contributed by atoms with Gasteiger partial charge in [-0.1, -0.05) is 72.8 Å². The molecule has 170 valence electrons. The molecule has 0 aliphatic heterocycles. The van der Waals surface area contributed by atoms with Gasteiger partial charge in [-0.25, -0.2) is 9.13 Å². The lowest BCUT2D eigenvalue weighted by atomic mass is 10.1. The van der Waals surface area contributed by atoms with Gasteiger partial charge in [0.15, 0.2) is 0 Å². The second-order valence-corrected chi connectivity index (χ2v) is 8.83. The fourth-order valence-electron chi connectivity index (χ4n) is 5.22. The smallest absolute Gasteiger partial charge is 0.266 e. The molecule has 7 aromatic rings. The van der Waals surface area contributed by atoms with Crippen LogP contribution in [0.15, 0.2) is 116 Å². The van der Waals surface area contributed by atoms with E-state index in [0.29, 0.717) is 11.4 Å². The molecule has 0 N–H and O–H groups in total. The predicted molar refractivity (Wildman–Crippen MR) is 143 cm³/mol. The van der Waals surface area contributed by atoms with Crippen molar-refractivity contribution in [2.45, 2.75) is 0 Å². The number of fused-ring (bicyclic) bond motifs is 4.